The second kappa shape index (κ2) is 6.06. The largest absolute Gasteiger partial charge is 0.381 e. The highest BCUT2D eigenvalue weighted by molar-refractivity contribution is 6.06. The van der Waals surface area contributed by atoms with Gasteiger partial charge in [0.15, 0.2) is 0 Å². The van der Waals surface area contributed by atoms with Gasteiger partial charge in [0, 0.05) is 36.8 Å². The van der Waals surface area contributed by atoms with E-state index in [0.717, 1.165) is 23.7 Å². The van der Waals surface area contributed by atoms with Gasteiger partial charge in [0.05, 0.1) is 30.1 Å². The molecule has 0 radical (unpaired) electrons. The number of fused-ring (bicyclic) bond motifs is 3. The second-order valence-corrected chi connectivity index (χ2v) is 7.43. The lowest BCUT2D eigenvalue weighted by Crippen LogP contribution is -2.52. The van der Waals surface area contributed by atoms with Gasteiger partial charge in [-0.1, -0.05) is 12.1 Å². The minimum atomic E-state index is 0.00245. The van der Waals surface area contributed by atoms with E-state index < -0.39 is 0 Å². The highest BCUT2D eigenvalue weighted by atomic mass is 16.5. The minimum absolute atomic E-state index is 0.00245. The maximum atomic E-state index is 13.2. The van der Waals surface area contributed by atoms with Gasteiger partial charge in [0.2, 0.25) is 5.91 Å². The molecule has 1 aromatic carbocycles. The number of hydrogen-bond donors (Lipinski definition) is 0. The lowest BCUT2D eigenvalue weighted by atomic mass is 10.1. The summed E-state index contributed by atoms with van der Waals surface area (Å²) in [4.78, 5) is 34.1. The molecule has 3 aliphatic rings. The Morgan fingerprint density at radius 1 is 1.08 bits per heavy atom. The fraction of sp³-hybridized carbons (Fsp3) is 0.450. The second-order valence-electron chi connectivity index (χ2n) is 7.43. The molecule has 6 heteroatoms. The lowest BCUT2D eigenvalue weighted by Gasteiger charge is -2.35. The molecule has 2 bridgehead atoms. The van der Waals surface area contributed by atoms with Crippen molar-refractivity contribution in [2.24, 2.45) is 5.92 Å². The zero-order valence-electron chi connectivity index (χ0n) is 14.5. The molecule has 0 saturated carbocycles. The number of carbonyl (C=O) groups is 2. The average Bonchev–Trinajstić information content (AvgIpc) is 3.43. The molecule has 4 heterocycles. The number of pyridine rings is 1. The molecule has 6 nitrogen and oxygen atoms in total. The van der Waals surface area contributed by atoms with E-state index in [9.17, 15) is 9.59 Å². The molecule has 3 fully saturated rings. The SMILES string of the molecule is O=C(c1cccc2ncccc12)N1C[C@@H]2C[C@H]1CN2C(=O)[C@H]1CCOC1. The number of rotatable bonds is 2. The maximum absolute atomic E-state index is 13.2. The third-order valence-corrected chi connectivity index (χ3v) is 5.94. The van der Waals surface area contributed by atoms with E-state index in [1.54, 1.807) is 6.20 Å². The zero-order chi connectivity index (χ0) is 17.7. The molecular weight excluding hydrogens is 330 g/mol. The van der Waals surface area contributed by atoms with E-state index in [0.29, 0.717) is 31.9 Å². The van der Waals surface area contributed by atoms with Crippen molar-refractivity contribution in [2.75, 3.05) is 26.3 Å². The van der Waals surface area contributed by atoms with Crippen molar-refractivity contribution in [2.45, 2.75) is 24.9 Å². The molecule has 3 aliphatic heterocycles. The van der Waals surface area contributed by atoms with Crippen LogP contribution < -0.4 is 0 Å². The van der Waals surface area contributed by atoms with Crippen LogP contribution in [0.5, 0.6) is 0 Å². The first-order chi connectivity index (χ1) is 12.7. The number of piperazine rings is 1. The van der Waals surface area contributed by atoms with Gasteiger partial charge < -0.3 is 14.5 Å². The van der Waals surface area contributed by atoms with E-state index in [2.05, 4.69) is 4.98 Å². The third kappa shape index (κ3) is 2.40. The lowest BCUT2D eigenvalue weighted by molar-refractivity contribution is -0.137. The van der Waals surface area contributed by atoms with Crippen molar-refractivity contribution < 1.29 is 14.3 Å². The standard InChI is InChI=1S/C20H21N3O3/c24-19(13-6-8-26-12-13)22-10-15-9-14(22)11-23(15)20(25)17-3-1-5-18-16(17)4-2-7-21-18/h1-5,7,13-15H,6,8-12H2/t13-,14-,15-/m0/s1. The van der Waals surface area contributed by atoms with Crippen LogP contribution in [0, 0.1) is 5.92 Å². The zero-order valence-corrected chi connectivity index (χ0v) is 14.5. The van der Waals surface area contributed by atoms with Crippen molar-refractivity contribution in [3.63, 3.8) is 0 Å². The summed E-state index contributed by atoms with van der Waals surface area (Å²) in [5.41, 5.74) is 1.53. The van der Waals surface area contributed by atoms with Gasteiger partial charge in [-0.3, -0.25) is 14.6 Å². The first-order valence-electron chi connectivity index (χ1n) is 9.25. The van der Waals surface area contributed by atoms with Crippen molar-refractivity contribution in [1.29, 1.82) is 0 Å². The number of amides is 2. The van der Waals surface area contributed by atoms with Crippen LogP contribution in [-0.2, 0) is 9.53 Å². The van der Waals surface area contributed by atoms with Gasteiger partial charge in [0.1, 0.15) is 0 Å². The third-order valence-electron chi connectivity index (χ3n) is 5.94. The predicted molar refractivity (Wildman–Crippen MR) is 95.6 cm³/mol. The number of ether oxygens (including phenoxy) is 1. The Morgan fingerprint density at radius 3 is 2.69 bits per heavy atom. The number of nitrogens with zero attached hydrogens (tertiary/aromatic N) is 3. The predicted octanol–water partition coefficient (Wildman–Crippen LogP) is 1.70. The molecule has 2 aromatic rings. The van der Waals surface area contributed by atoms with Crippen LogP contribution in [0.25, 0.3) is 10.9 Å². The summed E-state index contributed by atoms with van der Waals surface area (Å²) in [5.74, 6) is 0.256. The van der Waals surface area contributed by atoms with E-state index in [1.165, 1.54) is 0 Å². The molecule has 0 aliphatic carbocycles. The number of likely N-dealkylation sites (tertiary alicyclic amines) is 2. The molecule has 134 valence electrons. The minimum Gasteiger partial charge on any atom is -0.381 e. The fourth-order valence-corrected chi connectivity index (χ4v) is 4.59. The van der Waals surface area contributed by atoms with Gasteiger partial charge in [-0.2, -0.15) is 0 Å². The number of carbonyl (C=O) groups excluding carboxylic acids is 2. The first kappa shape index (κ1) is 15.8. The molecule has 5 rings (SSSR count). The van der Waals surface area contributed by atoms with Gasteiger partial charge in [-0.15, -0.1) is 0 Å². The smallest absolute Gasteiger partial charge is 0.254 e. The van der Waals surface area contributed by atoms with Gasteiger partial charge >= 0.3 is 0 Å². The normalized spacial score (nSPS) is 27.5. The Labute approximate surface area is 151 Å². The Hall–Kier alpha value is -2.47. The molecule has 26 heavy (non-hydrogen) atoms. The topological polar surface area (TPSA) is 62.7 Å². The Morgan fingerprint density at radius 2 is 1.92 bits per heavy atom. The quantitative estimate of drug-likeness (QED) is 0.826. The van der Waals surface area contributed by atoms with Crippen molar-refractivity contribution in [3.8, 4) is 0 Å². The van der Waals surface area contributed by atoms with Crippen LogP contribution >= 0.6 is 0 Å². The monoisotopic (exact) mass is 351 g/mol. The Balaban J connectivity index is 1.35. The van der Waals surface area contributed by atoms with E-state index in [4.69, 9.17) is 4.74 Å². The van der Waals surface area contributed by atoms with E-state index >= 15 is 0 Å². The summed E-state index contributed by atoms with van der Waals surface area (Å²) in [6, 6.07) is 9.74. The maximum Gasteiger partial charge on any atom is 0.254 e. The van der Waals surface area contributed by atoms with E-state index in [1.807, 2.05) is 40.1 Å². The first-order valence-corrected chi connectivity index (χ1v) is 9.25. The van der Waals surface area contributed by atoms with Crippen molar-refractivity contribution in [1.82, 2.24) is 14.8 Å². The van der Waals surface area contributed by atoms with Gasteiger partial charge in [-0.05, 0) is 31.0 Å². The highest BCUT2D eigenvalue weighted by Gasteiger charge is 2.48. The van der Waals surface area contributed by atoms with E-state index in [-0.39, 0.29) is 29.8 Å². The summed E-state index contributed by atoms with van der Waals surface area (Å²) in [6.45, 7) is 2.49. The summed E-state index contributed by atoms with van der Waals surface area (Å²) in [5, 5.41) is 0.888. The summed E-state index contributed by atoms with van der Waals surface area (Å²) in [6.07, 6.45) is 3.44. The van der Waals surface area contributed by atoms with Crippen LogP contribution in [0.1, 0.15) is 23.2 Å². The number of benzene rings is 1. The van der Waals surface area contributed by atoms with Gasteiger partial charge in [-0.25, -0.2) is 0 Å². The summed E-state index contributed by atoms with van der Waals surface area (Å²) in [7, 11) is 0. The highest BCUT2D eigenvalue weighted by Crippen LogP contribution is 2.34. The molecule has 1 aromatic heterocycles. The molecule has 3 saturated heterocycles. The van der Waals surface area contributed by atoms with Crippen LogP contribution in [0.4, 0.5) is 0 Å². The van der Waals surface area contributed by atoms with Crippen molar-refractivity contribution in [3.05, 3.63) is 42.1 Å². The summed E-state index contributed by atoms with van der Waals surface area (Å²) < 4.78 is 5.36. The van der Waals surface area contributed by atoms with Crippen LogP contribution in [0.15, 0.2) is 36.5 Å². The number of hydrogen-bond acceptors (Lipinski definition) is 4. The number of aromatic nitrogens is 1. The average molecular weight is 351 g/mol. The molecule has 2 amide bonds. The fourth-order valence-electron chi connectivity index (χ4n) is 4.59. The van der Waals surface area contributed by atoms with Crippen LogP contribution in [0.2, 0.25) is 0 Å². The molecule has 0 N–H and O–H groups in total. The molecular formula is C20H21N3O3. The molecule has 0 unspecified atom stereocenters. The van der Waals surface area contributed by atoms with Crippen molar-refractivity contribution >= 4 is 22.7 Å². The molecule has 0 spiro atoms. The van der Waals surface area contributed by atoms with Gasteiger partial charge in [0.25, 0.3) is 5.91 Å². The summed E-state index contributed by atoms with van der Waals surface area (Å²) >= 11 is 0. The Kier molecular flexibility index (Phi) is 3.67. The van der Waals surface area contributed by atoms with Crippen LogP contribution in [-0.4, -0.2) is 65.0 Å². The Bertz CT molecular complexity index is 872. The molecule has 3 atom stereocenters. The van der Waals surface area contributed by atoms with Crippen LogP contribution in [0.3, 0.4) is 0 Å².